The number of nitrogens with one attached hydrogen (secondary N) is 1. The van der Waals surface area contributed by atoms with E-state index < -0.39 is 5.97 Å². The molecular formula is C15H28N2O4. The van der Waals surface area contributed by atoms with Gasteiger partial charge in [-0.1, -0.05) is 20.8 Å². The van der Waals surface area contributed by atoms with Crippen LogP contribution in [-0.2, 0) is 9.53 Å². The standard InChI is InChI=1S/C15H28N2O4/c1-15(2,3)10-11(9-13(18)19)16-14(20)17-7-5-12(21-4)6-8-17/h11-12H,5-10H2,1-4H3,(H,16,20)(H,18,19). The number of carbonyl (C=O) groups is 2. The Kier molecular flexibility index (Phi) is 6.45. The van der Waals surface area contributed by atoms with Crippen molar-refractivity contribution in [1.29, 1.82) is 0 Å². The number of hydrogen-bond donors (Lipinski definition) is 2. The molecular weight excluding hydrogens is 272 g/mol. The lowest BCUT2D eigenvalue weighted by molar-refractivity contribution is -0.137. The third kappa shape index (κ3) is 6.80. The van der Waals surface area contributed by atoms with Crippen LogP contribution in [0.4, 0.5) is 4.79 Å². The minimum atomic E-state index is -0.886. The fourth-order valence-electron chi connectivity index (χ4n) is 2.68. The average Bonchev–Trinajstić information content (AvgIpc) is 2.36. The molecule has 1 atom stereocenters. The van der Waals surface area contributed by atoms with Gasteiger partial charge in [-0.3, -0.25) is 4.79 Å². The minimum Gasteiger partial charge on any atom is -0.481 e. The van der Waals surface area contributed by atoms with E-state index in [1.165, 1.54) is 0 Å². The number of ether oxygens (including phenoxy) is 1. The number of methoxy groups -OCH3 is 1. The number of carbonyl (C=O) groups excluding carboxylic acids is 1. The highest BCUT2D eigenvalue weighted by molar-refractivity contribution is 5.76. The molecule has 0 aromatic carbocycles. The summed E-state index contributed by atoms with van der Waals surface area (Å²) in [7, 11) is 1.69. The van der Waals surface area contributed by atoms with E-state index in [0.29, 0.717) is 19.5 Å². The lowest BCUT2D eigenvalue weighted by atomic mass is 9.87. The number of hydrogen-bond acceptors (Lipinski definition) is 3. The molecule has 1 aliphatic heterocycles. The van der Waals surface area contributed by atoms with Gasteiger partial charge in [-0.25, -0.2) is 4.79 Å². The maximum absolute atomic E-state index is 12.3. The first kappa shape index (κ1) is 17.8. The van der Waals surface area contributed by atoms with E-state index in [1.54, 1.807) is 12.0 Å². The molecule has 6 nitrogen and oxygen atoms in total. The van der Waals surface area contributed by atoms with Gasteiger partial charge in [0.25, 0.3) is 0 Å². The summed E-state index contributed by atoms with van der Waals surface area (Å²) >= 11 is 0. The topological polar surface area (TPSA) is 78.9 Å². The predicted molar refractivity (Wildman–Crippen MR) is 80.2 cm³/mol. The van der Waals surface area contributed by atoms with Gasteiger partial charge in [0, 0.05) is 26.2 Å². The Hall–Kier alpha value is -1.30. The second-order valence-corrected chi connectivity index (χ2v) is 6.93. The van der Waals surface area contributed by atoms with Crippen LogP contribution in [0, 0.1) is 5.41 Å². The van der Waals surface area contributed by atoms with Gasteiger partial charge in [-0.05, 0) is 24.7 Å². The molecule has 0 aliphatic carbocycles. The lowest BCUT2D eigenvalue weighted by Gasteiger charge is -2.33. The summed E-state index contributed by atoms with van der Waals surface area (Å²) < 4.78 is 5.28. The molecule has 122 valence electrons. The van der Waals surface area contributed by atoms with Crippen molar-refractivity contribution in [3.63, 3.8) is 0 Å². The van der Waals surface area contributed by atoms with Crippen LogP contribution in [-0.4, -0.2) is 54.4 Å². The van der Waals surface area contributed by atoms with E-state index in [0.717, 1.165) is 12.8 Å². The van der Waals surface area contributed by atoms with Gasteiger partial charge in [0.15, 0.2) is 0 Å². The zero-order chi connectivity index (χ0) is 16.0. The molecule has 1 heterocycles. The molecule has 2 amide bonds. The molecule has 0 aromatic heterocycles. The van der Waals surface area contributed by atoms with Gasteiger partial charge in [0.05, 0.1) is 12.5 Å². The minimum absolute atomic E-state index is 0.0313. The molecule has 6 heteroatoms. The highest BCUT2D eigenvalue weighted by atomic mass is 16.5. The fraction of sp³-hybridized carbons (Fsp3) is 0.867. The Labute approximate surface area is 126 Å². The first-order chi connectivity index (χ1) is 9.71. The molecule has 1 rings (SSSR count). The van der Waals surface area contributed by atoms with E-state index >= 15 is 0 Å². The lowest BCUT2D eigenvalue weighted by Crippen LogP contribution is -2.50. The zero-order valence-corrected chi connectivity index (χ0v) is 13.5. The Bertz CT molecular complexity index is 357. The number of urea groups is 1. The average molecular weight is 300 g/mol. The van der Waals surface area contributed by atoms with Gasteiger partial charge < -0.3 is 20.1 Å². The Morgan fingerprint density at radius 2 is 1.90 bits per heavy atom. The maximum Gasteiger partial charge on any atom is 0.317 e. The second kappa shape index (κ2) is 7.64. The Morgan fingerprint density at radius 1 is 1.33 bits per heavy atom. The van der Waals surface area contributed by atoms with Crippen LogP contribution in [0.5, 0.6) is 0 Å². The van der Waals surface area contributed by atoms with Crippen LogP contribution in [0.25, 0.3) is 0 Å². The molecule has 1 aliphatic rings. The van der Waals surface area contributed by atoms with Crippen LogP contribution in [0.2, 0.25) is 0 Å². The van der Waals surface area contributed by atoms with Gasteiger partial charge in [-0.2, -0.15) is 0 Å². The number of amides is 2. The Morgan fingerprint density at radius 3 is 2.33 bits per heavy atom. The maximum atomic E-state index is 12.3. The van der Waals surface area contributed by atoms with Crippen molar-refractivity contribution in [2.45, 2.75) is 58.6 Å². The number of nitrogens with zero attached hydrogens (tertiary/aromatic N) is 1. The first-order valence-electron chi connectivity index (χ1n) is 7.51. The number of piperidine rings is 1. The van der Waals surface area contributed by atoms with E-state index in [2.05, 4.69) is 5.32 Å². The summed E-state index contributed by atoms with van der Waals surface area (Å²) in [6.07, 6.45) is 2.47. The van der Waals surface area contributed by atoms with E-state index in [4.69, 9.17) is 9.84 Å². The number of carboxylic acid groups (broad SMARTS) is 1. The van der Waals surface area contributed by atoms with Crippen molar-refractivity contribution in [1.82, 2.24) is 10.2 Å². The third-order valence-corrected chi connectivity index (χ3v) is 3.67. The molecule has 0 spiro atoms. The van der Waals surface area contributed by atoms with Gasteiger partial charge in [0.2, 0.25) is 0 Å². The van der Waals surface area contributed by atoms with E-state index in [-0.39, 0.29) is 30.0 Å². The monoisotopic (exact) mass is 300 g/mol. The van der Waals surface area contributed by atoms with Crippen LogP contribution >= 0.6 is 0 Å². The van der Waals surface area contributed by atoms with Crippen molar-refractivity contribution < 1.29 is 19.4 Å². The largest absolute Gasteiger partial charge is 0.481 e. The molecule has 0 saturated carbocycles. The van der Waals surface area contributed by atoms with E-state index in [1.807, 2.05) is 20.8 Å². The molecule has 0 bridgehead atoms. The SMILES string of the molecule is COC1CCN(C(=O)NC(CC(=O)O)CC(C)(C)C)CC1. The van der Waals surface area contributed by atoms with Crippen LogP contribution in [0.1, 0.15) is 46.5 Å². The summed E-state index contributed by atoms with van der Waals surface area (Å²) in [5, 5.41) is 11.9. The number of carboxylic acids is 1. The predicted octanol–water partition coefficient (Wildman–Crippen LogP) is 2.09. The highest BCUT2D eigenvalue weighted by Crippen LogP contribution is 2.22. The molecule has 0 radical (unpaired) electrons. The van der Waals surface area contributed by atoms with Crippen molar-refractivity contribution >= 4 is 12.0 Å². The molecule has 0 aromatic rings. The van der Waals surface area contributed by atoms with E-state index in [9.17, 15) is 9.59 Å². The third-order valence-electron chi connectivity index (χ3n) is 3.67. The molecule has 2 N–H and O–H groups in total. The van der Waals surface area contributed by atoms with Crippen LogP contribution in [0.15, 0.2) is 0 Å². The van der Waals surface area contributed by atoms with Gasteiger partial charge in [0.1, 0.15) is 0 Å². The molecule has 1 fully saturated rings. The highest BCUT2D eigenvalue weighted by Gasteiger charge is 2.27. The number of aliphatic carboxylic acids is 1. The van der Waals surface area contributed by atoms with Crippen LogP contribution < -0.4 is 5.32 Å². The van der Waals surface area contributed by atoms with Gasteiger partial charge in [-0.15, -0.1) is 0 Å². The number of rotatable bonds is 5. The van der Waals surface area contributed by atoms with Gasteiger partial charge >= 0.3 is 12.0 Å². The molecule has 1 unspecified atom stereocenters. The summed E-state index contributed by atoms with van der Waals surface area (Å²) in [5.41, 5.74) is -0.0313. The summed E-state index contributed by atoms with van der Waals surface area (Å²) in [6, 6.07) is -0.504. The smallest absolute Gasteiger partial charge is 0.317 e. The van der Waals surface area contributed by atoms with Crippen molar-refractivity contribution in [3.8, 4) is 0 Å². The fourth-order valence-corrected chi connectivity index (χ4v) is 2.68. The molecule has 21 heavy (non-hydrogen) atoms. The molecule has 1 saturated heterocycles. The summed E-state index contributed by atoms with van der Waals surface area (Å²) in [4.78, 5) is 24.9. The quantitative estimate of drug-likeness (QED) is 0.815. The van der Waals surface area contributed by atoms with Crippen molar-refractivity contribution in [3.05, 3.63) is 0 Å². The number of likely N-dealkylation sites (tertiary alicyclic amines) is 1. The zero-order valence-electron chi connectivity index (χ0n) is 13.5. The van der Waals surface area contributed by atoms with Crippen LogP contribution in [0.3, 0.4) is 0 Å². The second-order valence-electron chi connectivity index (χ2n) is 6.93. The summed E-state index contributed by atoms with van der Waals surface area (Å²) in [5.74, 6) is -0.886. The normalized spacial score (nSPS) is 18.4. The first-order valence-corrected chi connectivity index (χ1v) is 7.51. The van der Waals surface area contributed by atoms with Crippen molar-refractivity contribution in [2.75, 3.05) is 20.2 Å². The summed E-state index contributed by atoms with van der Waals surface area (Å²) in [6.45, 7) is 7.42. The van der Waals surface area contributed by atoms with Crippen molar-refractivity contribution in [2.24, 2.45) is 5.41 Å². The Balaban J connectivity index is 2.53.